The molecule has 200 valence electrons. The summed E-state index contributed by atoms with van der Waals surface area (Å²) in [4.78, 5) is 30.7. The van der Waals surface area contributed by atoms with Crippen LogP contribution in [0.15, 0.2) is 42.5 Å². The number of nitrogens with one attached hydrogen (secondary N) is 1. The van der Waals surface area contributed by atoms with Gasteiger partial charge in [0.25, 0.3) is 11.8 Å². The van der Waals surface area contributed by atoms with Gasteiger partial charge in [0.1, 0.15) is 5.69 Å². The molecule has 3 heterocycles. The van der Waals surface area contributed by atoms with Crippen molar-refractivity contribution in [2.75, 3.05) is 17.5 Å². The van der Waals surface area contributed by atoms with Crippen molar-refractivity contribution >= 4 is 50.7 Å². The molecular formula is C26H27Cl2N5O4S. The predicted molar refractivity (Wildman–Crippen MR) is 146 cm³/mol. The first kappa shape index (κ1) is 26.5. The molecule has 2 aliphatic rings. The fourth-order valence-electron chi connectivity index (χ4n) is 5.10. The van der Waals surface area contributed by atoms with Crippen LogP contribution in [-0.4, -0.2) is 58.7 Å². The van der Waals surface area contributed by atoms with Gasteiger partial charge < -0.3 is 9.80 Å². The fraction of sp³-hybridized carbons (Fsp3) is 0.346. The molecule has 2 aromatic carbocycles. The van der Waals surface area contributed by atoms with Gasteiger partial charge in [-0.3, -0.25) is 19.0 Å². The van der Waals surface area contributed by atoms with Crippen molar-refractivity contribution in [1.29, 1.82) is 0 Å². The lowest BCUT2D eigenvalue weighted by Crippen LogP contribution is -2.44. The topological polar surface area (TPSA) is 105 Å². The molecule has 0 bridgehead atoms. The first-order valence-corrected chi connectivity index (χ1v) is 14.8. The van der Waals surface area contributed by atoms with Crippen LogP contribution in [0.5, 0.6) is 0 Å². The number of fused-ring (bicyclic) bond motifs is 3. The van der Waals surface area contributed by atoms with E-state index in [4.69, 9.17) is 28.3 Å². The van der Waals surface area contributed by atoms with Gasteiger partial charge in [0.2, 0.25) is 10.0 Å². The average molecular weight is 577 g/mol. The highest BCUT2D eigenvalue weighted by molar-refractivity contribution is 7.92. The van der Waals surface area contributed by atoms with Gasteiger partial charge in [-0.25, -0.2) is 8.42 Å². The minimum atomic E-state index is -3.38. The molecule has 1 N–H and O–H groups in total. The number of hydrogen-bond donors (Lipinski definition) is 1. The Kier molecular flexibility index (Phi) is 6.91. The summed E-state index contributed by atoms with van der Waals surface area (Å²) < 4.78 is 27.2. The number of hydrogen-bond acceptors (Lipinski definition) is 5. The van der Waals surface area contributed by atoms with Crippen LogP contribution in [0.4, 0.5) is 5.69 Å². The molecule has 1 unspecified atom stereocenters. The maximum atomic E-state index is 13.8. The van der Waals surface area contributed by atoms with Gasteiger partial charge in [-0.1, -0.05) is 35.3 Å². The second kappa shape index (κ2) is 9.91. The number of carbonyl (C=O) groups excluding carboxylic acids is 2. The zero-order valence-electron chi connectivity index (χ0n) is 21.1. The second-order valence-corrected chi connectivity index (χ2v) is 12.3. The fourth-order valence-corrected chi connectivity index (χ4v) is 5.96. The van der Waals surface area contributed by atoms with Gasteiger partial charge in [-0.05, 0) is 49.7 Å². The van der Waals surface area contributed by atoms with Gasteiger partial charge in [0.15, 0.2) is 0 Å². The predicted octanol–water partition coefficient (Wildman–Crippen LogP) is 4.37. The Morgan fingerprint density at radius 1 is 1.11 bits per heavy atom. The molecule has 2 amide bonds. The first-order valence-electron chi connectivity index (χ1n) is 12.2. The molecule has 2 aliphatic heterocycles. The van der Waals surface area contributed by atoms with Crippen LogP contribution in [0, 0.1) is 0 Å². The molecule has 5 rings (SSSR count). The number of aromatic nitrogens is 2. The Hall–Kier alpha value is -3.08. The van der Waals surface area contributed by atoms with Crippen LogP contribution in [0.3, 0.4) is 0 Å². The Morgan fingerprint density at radius 2 is 1.82 bits per heavy atom. The number of nitrogens with zero attached hydrogens (tertiary/aromatic N) is 4. The summed E-state index contributed by atoms with van der Waals surface area (Å²) >= 11 is 12.2. The maximum absolute atomic E-state index is 13.8. The molecule has 0 aliphatic carbocycles. The number of carbonyl (C=O) groups is 2. The number of sulfonamides is 1. The SMILES string of the molecule is CC(c1ccc(NS(C)(=O)=O)cc1)N1CCn2nc3c(c2C1=O)CN(C(=O)c1ccc(Cl)c(Cl)c1)[C@H](C)C3. The van der Waals surface area contributed by atoms with Gasteiger partial charge in [-0.15, -0.1) is 0 Å². The quantitative estimate of drug-likeness (QED) is 0.486. The van der Waals surface area contributed by atoms with Crippen LogP contribution in [-0.2, 0) is 29.5 Å². The van der Waals surface area contributed by atoms with Crippen molar-refractivity contribution in [1.82, 2.24) is 19.6 Å². The van der Waals surface area contributed by atoms with Crippen molar-refractivity contribution in [3.05, 3.63) is 80.6 Å². The minimum Gasteiger partial charge on any atom is -0.331 e. The third-order valence-corrected chi connectivity index (χ3v) is 8.44. The van der Waals surface area contributed by atoms with E-state index in [1.54, 1.807) is 44.8 Å². The van der Waals surface area contributed by atoms with Crippen molar-refractivity contribution in [3.63, 3.8) is 0 Å². The highest BCUT2D eigenvalue weighted by Gasteiger charge is 2.38. The smallest absolute Gasteiger partial charge is 0.273 e. The third-order valence-electron chi connectivity index (χ3n) is 7.09. The number of halogens is 2. The third kappa shape index (κ3) is 5.00. The van der Waals surface area contributed by atoms with Gasteiger partial charge >= 0.3 is 0 Å². The molecule has 38 heavy (non-hydrogen) atoms. The summed E-state index contributed by atoms with van der Waals surface area (Å²) in [5.41, 5.74) is 3.89. The van der Waals surface area contributed by atoms with Crippen LogP contribution in [0.25, 0.3) is 0 Å². The Bertz CT molecular complexity index is 1540. The largest absolute Gasteiger partial charge is 0.331 e. The van der Waals surface area contributed by atoms with Gasteiger partial charge in [0.05, 0.1) is 41.1 Å². The monoisotopic (exact) mass is 575 g/mol. The average Bonchev–Trinajstić information content (AvgIpc) is 3.22. The molecule has 0 spiro atoms. The van der Waals surface area contributed by atoms with Crippen molar-refractivity contribution < 1.29 is 18.0 Å². The molecular weight excluding hydrogens is 549 g/mol. The summed E-state index contributed by atoms with van der Waals surface area (Å²) in [6.45, 7) is 5.21. The molecule has 9 nitrogen and oxygen atoms in total. The van der Waals surface area contributed by atoms with Crippen LogP contribution >= 0.6 is 23.2 Å². The van der Waals surface area contributed by atoms with Crippen molar-refractivity contribution in [2.45, 2.75) is 45.4 Å². The summed E-state index contributed by atoms with van der Waals surface area (Å²) in [5.74, 6) is -0.328. The first-order chi connectivity index (χ1) is 17.9. The number of benzene rings is 2. The Balaban J connectivity index is 1.39. The Labute approximate surface area is 231 Å². The van der Waals surface area contributed by atoms with E-state index >= 15 is 0 Å². The normalized spacial score (nSPS) is 18.1. The molecule has 0 saturated carbocycles. The molecule has 12 heteroatoms. The summed E-state index contributed by atoms with van der Waals surface area (Å²) in [7, 11) is -3.38. The van der Waals surface area contributed by atoms with Crippen LogP contribution in [0.2, 0.25) is 10.0 Å². The lowest BCUT2D eigenvalue weighted by Gasteiger charge is -2.35. The lowest BCUT2D eigenvalue weighted by molar-refractivity contribution is 0.0605. The van der Waals surface area contributed by atoms with Crippen LogP contribution in [0.1, 0.15) is 57.6 Å². The highest BCUT2D eigenvalue weighted by atomic mass is 35.5. The van der Waals surface area contributed by atoms with Gasteiger partial charge in [-0.2, -0.15) is 5.10 Å². The van der Waals surface area contributed by atoms with E-state index in [9.17, 15) is 18.0 Å². The van der Waals surface area contributed by atoms with Crippen molar-refractivity contribution in [3.8, 4) is 0 Å². The summed E-state index contributed by atoms with van der Waals surface area (Å²) in [5, 5.41) is 5.41. The van der Waals surface area contributed by atoms with E-state index < -0.39 is 10.0 Å². The lowest BCUT2D eigenvalue weighted by atomic mass is 9.97. The number of amides is 2. The highest BCUT2D eigenvalue weighted by Crippen LogP contribution is 2.33. The van der Waals surface area contributed by atoms with Gasteiger partial charge in [0, 0.05) is 35.8 Å². The molecule has 2 atom stereocenters. The second-order valence-electron chi connectivity index (χ2n) is 9.78. The maximum Gasteiger partial charge on any atom is 0.273 e. The van der Waals surface area contributed by atoms with Crippen molar-refractivity contribution in [2.24, 2.45) is 0 Å². The minimum absolute atomic E-state index is 0.106. The molecule has 0 saturated heterocycles. The Morgan fingerprint density at radius 3 is 2.47 bits per heavy atom. The van der Waals surface area contributed by atoms with E-state index in [0.29, 0.717) is 46.5 Å². The zero-order valence-corrected chi connectivity index (χ0v) is 23.4. The van der Waals surface area contributed by atoms with Crippen LogP contribution < -0.4 is 4.72 Å². The summed E-state index contributed by atoms with van der Waals surface area (Å²) in [6, 6.07) is 11.5. The molecule has 0 radical (unpaired) electrons. The molecule has 3 aromatic rings. The summed E-state index contributed by atoms with van der Waals surface area (Å²) in [6.07, 6.45) is 1.64. The van der Waals surface area contributed by atoms with E-state index in [2.05, 4.69) is 4.72 Å². The number of rotatable bonds is 5. The van der Waals surface area contributed by atoms with E-state index in [1.807, 2.05) is 26.0 Å². The zero-order chi connectivity index (χ0) is 27.4. The molecule has 1 aromatic heterocycles. The number of anilines is 1. The van der Waals surface area contributed by atoms with E-state index in [1.165, 1.54) is 0 Å². The van der Waals surface area contributed by atoms with E-state index in [0.717, 1.165) is 23.1 Å². The van der Waals surface area contributed by atoms with E-state index in [-0.39, 0.29) is 30.4 Å². The molecule has 0 fully saturated rings. The standard InChI is InChI=1S/C26H27Cl2N5O4S/c1-15-12-23-20(14-32(15)25(34)18-6-9-21(27)22(28)13-18)24-26(35)31(10-11-33(24)29-23)16(2)17-4-7-19(8-5-17)30-38(3,36)37/h4-9,13,15-16,30H,10-12,14H2,1-3H3/t15-,16?/m1/s1.